The largest absolute Gasteiger partial charge is 0.486 e. The number of fused-ring (bicyclic) bond motifs is 2. The van der Waals surface area contributed by atoms with Crippen LogP contribution < -0.4 is 4.74 Å². The fraction of sp³-hybridized carbons (Fsp3) is 0.286. The van der Waals surface area contributed by atoms with Crippen LogP contribution in [0.2, 0.25) is 5.02 Å². The molecule has 1 aromatic heterocycles. The Bertz CT molecular complexity index is 1100. The normalized spacial score (nSPS) is 18.2. The van der Waals surface area contributed by atoms with Crippen molar-refractivity contribution in [1.29, 1.82) is 0 Å². The summed E-state index contributed by atoms with van der Waals surface area (Å²) in [5.74, 6) is 0.575. The van der Waals surface area contributed by atoms with Crippen molar-refractivity contribution in [3.8, 4) is 5.75 Å². The highest BCUT2D eigenvalue weighted by Crippen LogP contribution is 2.40. The van der Waals surface area contributed by atoms with Crippen LogP contribution in [0.4, 0.5) is 0 Å². The van der Waals surface area contributed by atoms with E-state index in [9.17, 15) is 9.59 Å². The molecular formula is C21H17ClN2O4. The predicted molar refractivity (Wildman–Crippen MR) is 103 cm³/mol. The Labute approximate surface area is 166 Å². The molecule has 7 heteroatoms. The Morgan fingerprint density at radius 1 is 1.14 bits per heavy atom. The summed E-state index contributed by atoms with van der Waals surface area (Å²) in [5, 5.41) is 0.524. The number of benzene rings is 2. The van der Waals surface area contributed by atoms with Gasteiger partial charge in [0.05, 0.1) is 12.0 Å². The molecule has 3 aromatic rings. The summed E-state index contributed by atoms with van der Waals surface area (Å²) < 4.78 is 11.5. The summed E-state index contributed by atoms with van der Waals surface area (Å²) in [5.41, 5.74) is 1.89. The first-order chi connectivity index (χ1) is 13.5. The maximum Gasteiger partial charge on any atom is 0.253 e. The number of hydrogen-bond donors (Lipinski definition) is 0. The van der Waals surface area contributed by atoms with Crippen molar-refractivity contribution >= 4 is 34.4 Å². The zero-order valence-corrected chi connectivity index (χ0v) is 15.7. The van der Waals surface area contributed by atoms with Crippen LogP contribution in [-0.4, -0.2) is 40.3 Å². The highest BCUT2D eigenvalue weighted by atomic mass is 35.5. The van der Waals surface area contributed by atoms with E-state index < -0.39 is 5.60 Å². The predicted octanol–water partition coefficient (Wildman–Crippen LogP) is 4.12. The first-order valence-electron chi connectivity index (χ1n) is 9.17. The Hall–Kier alpha value is -2.86. The quantitative estimate of drug-likeness (QED) is 0.618. The number of piperidine rings is 1. The minimum atomic E-state index is -0.551. The molecule has 1 saturated heterocycles. The monoisotopic (exact) mass is 396 g/mol. The highest BCUT2D eigenvalue weighted by molar-refractivity contribution is 6.31. The molecule has 0 bridgehead atoms. The van der Waals surface area contributed by atoms with E-state index in [0.29, 0.717) is 65.4 Å². The minimum Gasteiger partial charge on any atom is -0.486 e. The van der Waals surface area contributed by atoms with Crippen LogP contribution in [0.1, 0.15) is 40.0 Å². The van der Waals surface area contributed by atoms with Crippen LogP contribution in [0.5, 0.6) is 5.75 Å². The third-order valence-corrected chi connectivity index (χ3v) is 5.83. The van der Waals surface area contributed by atoms with Crippen LogP contribution in [-0.2, 0) is 0 Å². The van der Waals surface area contributed by atoms with E-state index >= 15 is 0 Å². The van der Waals surface area contributed by atoms with Gasteiger partial charge >= 0.3 is 0 Å². The number of rotatable bonds is 1. The van der Waals surface area contributed by atoms with Crippen molar-refractivity contribution in [3.05, 3.63) is 58.9 Å². The van der Waals surface area contributed by atoms with Gasteiger partial charge in [0.15, 0.2) is 17.8 Å². The molecule has 2 aliphatic heterocycles. The second kappa shape index (κ2) is 6.34. The van der Waals surface area contributed by atoms with E-state index in [4.69, 9.17) is 20.8 Å². The lowest BCUT2D eigenvalue weighted by Crippen LogP contribution is -2.52. The molecule has 5 rings (SSSR count). The van der Waals surface area contributed by atoms with Crippen molar-refractivity contribution < 1.29 is 18.7 Å². The standard InChI is InChI=1S/C21H17ClN2O4/c22-14-2-4-18-15(10-14)17(25)11-21(28-18)5-7-24(8-6-21)20(26)13-1-3-19-16(9-13)23-12-27-19/h1-4,9-10,12H,5-8,11H2. The molecule has 28 heavy (non-hydrogen) atoms. The van der Waals surface area contributed by atoms with Gasteiger partial charge in [-0.05, 0) is 36.4 Å². The van der Waals surface area contributed by atoms with Gasteiger partial charge in [-0.25, -0.2) is 4.98 Å². The lowest BCUT2D eigenvalue weighted by atomic mass is 9.82. The van der Waals surface area contributed by atoms with Gasteiger partial charge in [-0.15, -0.1) is 0 Å². The number of carbonyl (C=O) groups is 2. The number of likely N-dealkylation sites (tertiary alicyclic amines) is 1. The van der Waals surface area contributed by atoms with Crippen molar-refractivity contribution in [1.82, 2.24) is 9.88 Å². The molecule has 0 aliphatic carbocycles. The van der Waals surface area contributed by atoms with Gasteiger partial charge in [-0.2, -0.15) is 0 Å². The zero-order chi connectivity index (χ0) is 19.3. The number of amides is 1. The molecule has 1 fully saturated rings. The number of aromatic nitrogens is 1. The number of ketones is 1. The van der Waals surface area contributed by atoms with Gasteiger partial charge < -0.3 is 14.1 Å². The molecule has 3 heterocycles. The van der Waals surface area contributed by atoms with E-state index in [2.05, 4.69) is 4.98 Å². The molecule has 2 aliphatic rings. The van der Waals surface area contributed by atoms with E-state index in [1.54, 1.807) is 41.3 Å². The lowest BCUT2D eigenvalue weighted by molar-refractivity contribution is -0.00570. The van der Waals surface area contributed by atoms with Crippen LogP contribution in [0, 0.1) is 0 Å². The summed E-state index contributed by atoms with van der Waals surface area (Å²) >= 11 is 6.00. The summed E-state index contributed by atoms with van der Waals surface area (Å²) in [4.78, 5) is 31.4. The minimum absolute atomic E-state index is 0.0417. The number of hydrogen-bond acceptors (Lipinski definition) is 5. The third kappa shape index (κ3) is 2.85. The maximum absolute atomic E-state index is 12.9. The molecule has 1 amide bonds. The van der Waals surface area contributed by atoms with Crippen LogP contribution in [0.15, 0.2) is 47.2 Å². The Balaban J connectivity index is 1.32. The second-order valence-corrected chi connectivity index (χ2v) is 7.79. The van der Waals surface area contributed by atoms with Gasteiger partial charge in [0.2, 0.25) is 0 Å². The van der Waals surface area contributed by atoms with Crippen LogP contribution in [0.25, 0.3) is 11.1 Å². The number of carbonyl (C=O) groups excluding carboxylic acids is 2. The fourth-order valence-electron chi connectivity index (χ4n) is 4.04. The number of ether oxygens (including phenoxy) is 1. The Kier molecular flexibility index (Phi) is 3.91. The molecule has 1 spiro atoms. The smallest absolute Gasteiger partial charge is 0.253 e. The second-order valence-electron chi connectivity index (χ2n) is 7.35. The Morgan fingerprint density at radius 3 is 2.79 bits per heavy atom. The van der Waals surface area contributed by atoms with Crippen LogP contribution >= 0.6 is 11.6 Å². The van der Waals surface area contributed by atoms with E-state index in [1.165, 1.54) is 6.39 Å². The van der Waals surface area contributed by atoms with Crippen molar-refractivity contribution in [2.75, 3.05) is 13.1 Å². The molecule has 0 radical (unpaired) electrons. The molecule has 0 N–H and O–H groups in total. The number of Topliss-reactive ketones (excluding diaryl/α,β-unsaturated/α-hetero) is 1. The average Bonchev–Trinajstić information content (AvgIpc) is 3.17. The Morgan fingerprint density at radius 2 is 1.96 bits per heavy atom. The molecule has 0 atom stereocenters. The molecule has 0 unspecified atom stereocenters. The molecule has 6 nitrogen and oxygen atoms in total. The third-order valence-electron chi connectivity index (χ3n) is 5.59. The van der Waals surface area contributed by atoms with E-state index in [-0.39, 0.29) is 11.7 Å². The van der Waals surface area contributed by atoms with Crippen LogP contribution in [0.3, 0.4) is 0 Å². The summed E-state index contributed by atoms with van der Waals surface area (Å²) in [6.07, 6.45) is 2.90. The molecular weight excluding hydrogens is 380 g/mol. The number of oxazole rings is 1. The first kappa shape index (κ1) is 17.3. The fourth-order valence-corrected chi connectivity index (χ4v) is 4.21. The first-order valence-corrected chi connectivity index (χ1v) is 9.55. The lowest BCUT2D eigenvalue weighted by Gasteiger charge is -2.44. The number of nitrogens with zero attached hydrogens (tertiary/aromatic N) is 2. The van der Waals surface area contributed by atoms with Gasteiger partial charge in [0, 0.05) is 36.5 Å². The van der Waals surface area contributed by atoms with E-state index in [1.807, 2.05) is 0 Å². The highest BCUT2D eigenvalue weighted by Gasteiger charge is 2.43. The van der Waals surface area contributed by atoms with Gasteiger partial charge in [-0.3, -0.25) is 9.59 Å². The van der Waals surface area contributed by atoms with Gasteiger partial charge in [0.1, 0.15) is 16.9 Å². The molecule has 2 aromatic carbocycles. The van der Waals surface area contributed by atoms with Crippen molar-refractivity contribution in [3.63, 3.8) is 0 Å². The summed E-state index contributed by atoms with van der Waals surface area (Å²) in [6.45, 7) is 1.07. The van der Waals surface area contributed by atoms with Crippen molar-refractivity contribution in [2.24, 2.45) is 0 Å². The molecule has 142 valence electrons. The number of halogens is 1. The van der Waals surface area contributed by atoms with Gasteiger partial charge in [-0.1, -0.05) is 11.6 Å². The van der Waals surface area contributed by atoms with Gasteiger partial charge in [0.25, 0.3) is 5.91 Å². The topological polar surface area (TPSA) is 72.6 Å². The average molecular weight is 397 g/mol. The molecule has 0 saturated carbocycles. The summed E-state index contributed by atoms with van der Waals surface area (Å²) in [6, 6.07) is 10.4. The summed E-state index contributed by atoms with van der Waals surface area (Å²) in [7, 11) is 0. The maximum atomic E-state index is 12.9. The van der Waals surface area contributed by atoms with E-state index in [0.717, 1.165) is 0 Å². The zero-order valence-electron chi connectivity index (χ0n) is 15.0. The SMILES string of the molecule is O=C1CC2(CCN(C(=O)c3ccc4ocnc4c3)CC2)Oc2ccc(Cl)cc21. The van der Waals surface area contributed by atoms with Crippen molar-refractivity contribution in [2.45, 2.75) is 24.9 Å².